The molecule has 5 heteroatoms. The second-order valence-electron chi connectivity index (χ2n) is 3.81. The van der Waals surface area contributed by atoms with Crippen LogP contribution in [-0.2, 0) is 0 Å². The van der Waals surface area contributed by atoms with Crippen LogP contribution in [0.15, 0.2) is 12.1 Å². The number of piperidine rings is 1. The average molecular weight is 227 g/mol. The minimum atomic E-state index is 0.442. The molecule has 0 radical (unpaired) electrons. The van der Waals surface area contributed by atoms with Crippen LogP contribution in [0, 0.1) is 0 Å². The third-order valence-electron chi connectivity index (χ3n) is 2.84. The summed E-state index contributed by atoms with van der Waals surface area (Å²) in [6.45, 7) is 2.16. The van der Waals surface area contributed by atoms with Crippen LogP contribution in [0.3, 0.4) is 0 Å². The molecule has 0 unspecified atom stereocenters. The first-order valence-corrected chi connectivity index (χ1v) is 5.58. The highest BCUT2D eigenvalue weighted by atomic mass is 35.5. The quantitative estimate of drug-likeness (QED) is 0.826. The van der Waals surface area contributed by atoms with Crippen LogP contribution in [0.2, 0.25) is 5.15 Å². The second kappa shape index (κ2) is 4.77. The van der Waals surface area contributed by atoms with Crippen molar-refractivity contribution < 1.29 is 0 Å². The van der Waals surface area contributed by atoms with Crippen molar-refractivity contribution in [3.8, 4) is 0 Å². The van der Waals surface area contributed by atoms with Crippen molar-refractivity contribution in [3.63, 3.8) is 0 Å². The van der Waals surface area contributed by atoms with Crippen molar-refractivity contribution >= 4 is 17.4 Å². The van der Waals surface area contributed by atoms with Gasteiger partial charge in [0.25, 0.3) is 0 Å². The topological polar surface area (TPSA) is 41.1 Å². The van der Waals surface area contributed by atoms with Crippen molar-refractivity contribution in [2.75, 3.05) is 25.0 Å². The molecule has 0 spiro atoms. The van der Waals surface area contributed by atoms with Gasteiger partial charge in [0.05, 0.1) is 0 Å². The molecule has 0 aliphatic carbocycles. The van der Waals surface area contributed by atoms with Gasteiger partial charge in [0.1, 0.15) is 0 Å². The number of hydrogen-bond donors (Lipinski definition) is 1. The summed E-state index contributed by atoms with van der Waals surface area (Å²) in [6.07, 6.45) is 2.31. The number of anilines is 1. The molecule has 0 amide bonds. The molecule has 1 fully saturated rings. The van der Waals surface area contributed by atoms with Gasteiger partial charge in [-0.05, 0) is 38.1 Å². The summed E-state index contributed by atoms with van der Waals surface area (Å²) >= 11 is 5.70. The molecule has 1 saturated heterocycles. The lowest BCUT2D eigenvalue weighted by atomic mass is 10.1. The zero-order chi connectivity index (χ0) is 10.7. The number of rotatable bonds is 2. The molecule has 82 valence electrons. The molecule has 1 aliphatic rings. The molecule has 0 saturated carbocycles. The smallest absolute Gasteiger partial charge is 0.151 e. The van der Waals surface area contributed by atoms with Crippen molar-refractivity contribution in [1.29, 1.82) is 0 Å². The summed E-state index contributed by atoms with van der Waals surface area (Å²) < 4.78 is 0. The highest BCUT2D eigenvalue weighted by Gasteiger charge is 2.18. The Balaban J connectivity index is 2.05. The Morgan fingerprint density at radius 1 is 1.33 bits per heavy atom. The molecule has 2 heterocycles. The molecule has 0 aromatic carbocycles. The van der Waals surface area contributed by atoms with E-state index < -0.39 is 0 Å². The van der Waals surface area contributed by atoms with Crippen LogP contribution >= 0.6 is 11.6 Å². The number of hydrogen-bond acceptors (Lipinski definition) is 4. The van der Waals surface area contributed by atoms with Crippen LogP contribution in [-0.4, -0.2) is 36.4 Å². The zero-order valence-corrected chi connectivity index (χ0v) is 9.54. The van der Waals surface area contributed by atoms with E-state index in [2.05, 4.69) is 27.5 Å². The molecular weight excluding hydrogens is 212 g/mol. The SMILES string of the molecule is CN(c1ccc(Cl)nn1)C1CCNCC1. The van der Waals surface area contributed by atoms with E-state index in [-0.39, 0.29) is 0 Å². The van der Waals surface area contributed by atoms with E-state index in [0.717, 1.165) is 31.7 Å². The summed E-state index contributed by atoms with van der Waals surface area (Å²) in [5.74, 6) is 0.895. The zero-order valence-electron chi connectivity index (χ0n) is 8.78. The van der Waals surface area contributed by atoms with Gasteiger partial charge in [-0.2, -0.15) is 0 Å². The largest absolute Gasteiger partial charge is 0.355 e. The Labute approximate surface area is 94.6 Å². The third-order valence-corrected chi connectivity index (χ3v) is 3.04. The normalized spacial score (nSPS) is 17.7. The summed E-state index contributed by atoms with van der Waals surface area (Å²) in [4.78, 5) is 2.18. The maximum Gasteiger partial charge on any atom is 0.151 e. The predicted molar refractivity (Wildman–Crippen MR) is 61.3 cm³/mol. The molecule has 1 aliphatic heterocycles. The lowest BCUT2D eigenvalue weighted by molar-refractivity contribution is 0.441. The monoisotopic (exact) mass is 226 g/mol. The molecule has 2 rings (SSSR count). The number of nitrogens with zero attached hydrogens (tertiary/aromatic N) is 3. The Hall–Kier alpha value is -0.870. The summed E-state index contributed by atoms with van der Waals surface area (Å²) in [6, 6.07) is 4.25. The van der Waals surface area contributed by atoms with Crippen LogP contribution in [0.25, 0.3) is 0 Å². The minimum absolute atomic E-state index is 0.442. The predicted octanol–water partition coefficient (Wildman–Crippen LogP) is 1.32. The summed E-state index contributed by atoms with van der Waals surface area (Å²) in [5.41, 5.74) is 0. The van der Waals surface area contributed by atoms with E-state index in [1.165, 1.54) is 0 Å². The van der Waals surface area contributed by atoms with Crippen molar-refractivity contribution in [2.45, 2.75) is 18.9 Å². The van der Waals surface area contributed by atoms with Crippen LogP contribution < -0.4 is 10.2 Å². The second-order valence-corrected chi connectivity index (χ2v) is 4.19. The fourth-order valence-electron chi connectivity index (χ4n) is 1.88. The van der Waals surface area contributed by atoms with E-state index in [0.29, 0.717) is 11.2 Å². The van der Waals surface area contributed by atoms with Gasteiger partial charge in [-0.25, -0.2) is 0 Å². The van der Waals surface area contributed by atoms with Crippen molar-refractivity contribution in [3.05, 3.63) is 17.3 Å². The van der Waals surface area contributed by atoms with Gasteiger partial charge < -0.3 is 10.2 Å². The molecule has 4 nitrogen and oxygen atoms in total. The van der Waals surface area contributed by atoms with Gasteiger partial charge in [0.15, 0.2) is 11.0 Å². The first kappa shape index (κ1) is 10.6. The fraction of sp³-hybridized carbons (Fsp3) is 0.600. The minimum Gasteiger partial charge on any atom is -0.355 e. The Kier molecular flexibility index (Phi) is 3.38. The van der Waals surface area contributed by atoms with E-state index in [4.69, 9.17) is 11.6 Å². The lowest BCUT2D eigenvalue weighted by Gasteiger charge is -2.32. The molecule has 0 atom stereocenters. The van der Waals surface area contributed by atoms with E-state index in [1.807, 2.05) is 6.07 Å². The fourth-order valence-corrected chi connectivity index (χ4v) is 1.98. The van der Waals surface area contributed by atoms with E-state index >= 15 is 0 Å². The molecule has 1 aromatic heterocycles. The molecule has 15 heavy (non-hydrogen) atoms. The van der Waals surface area contributed by atoms with Gasteiger partial charge >= 0.3 is 0 Å². The maximum atomic E-state index is 5.70. The first-order chi connectivity index (χ1) is 7.27. The molecule has 0 bridgehead atoms. The molecule has 1 aromatic rings. The Bertz CT molecular complexity index is 308. The molecule has 1 N–H and O–H groups in total. The van der Waals surface area contributed by atoms with Gasteiger partial charge in [0, 0.05) is 13.1 Å². The number of halogens is 1. The molecular formula is C10H15ClN4. The summed E-state index contributed by atoms with van der Waals surface area (Å²) in [5, 5.41) is 11.7. The van der Waals surface area contributed by atoms with Gasteiger partial charge in [-0.3, -0.25) is 0 Å². The van der Waals surface area contributed by atoms with Crippen LogP contribution in [0.4, 0.5) is 5.82 Å². The van der Waals surface area contributed by atoms with Gasteiger partial charge in [-0.15, -0.1) is 10.2 Å². The van der Waals surface area contributed by atoms with Crippen molar-refractivity contribution in [1.82, 2.24) is 15.5 Å². The van der Waals surface area contributed by atoms with Crippen molar-refractivity contribution in [2.24, 2.45) is 0 Å². The summed E-state index contributed by atoms with van der Waals surface area (Å²) in [7, 11) is 2.06. The Morgan fingerprint density at radius 3 is 2.67 bits per heavy atom. The average Bonchev–Trinajstić information content (AvgIpc) is 2.30. The number of aromatic nitrogens is 2. The number of nitrogens with one attached hydrogen (secondary N) is 1. The third kappa shape index (κ3) is 2.58. The van der Waals surface area contributed by atoms with E-state index in [1.54, 1.807) is 6.07 Å². The lowest BCUT2D eigenvalue weighted by Crippen LogP contribution is -2.41. The maximum absolute atomic E-state index is 5.70. The van der Waals surface area contributed by atoms with E-state index in [9.17, 15) is 0 Å². The first-order valence-electron chi connectivity index (χ1n) is 5.20. The van der Waals surface area contributed by atoms with Gasteiger partial charge in [0.2, 0.25) is 0 Å². The highest BCUT2D eigenvalue weighted by Crippen LogP contribution is 2.17. The standard InChI is InChI=1S/C10H15ClN4/c1-15(8-4-6-12-7-5-8)10-3-2-9(11)13-14-10/h2-3,8,12H,4-7H2,1H3. The Morgan fingerprint density at radius 2 is 2.07 bits per heavy atom. The van der Waals surface area contributed by atoms with Crippen LogP contribution in [0.5, 0.6) is 0 Å². The van der Waals surface area contributed by atoms with Crippen LogP contribution in [0.1, 0.15) is 12.8 Å². The van der Waals surface area contributed by atoms with Gasteiger partial charge in [-0.1, -0.05) is 11.6 Å². The highest BCUT2D eigenvalue weighted by molar-refractivity contribution is 6.29.